The molecule has 1 fully saturated rings. The van der Waals surface area contributed by atoms with Crippen LogP contribution in [-0.4, -0.2) is 48.9 Å². The van der Waals surface area contributed by atoms with E-state index in [2.05, 4.69) is 29.3 Å². The predicted molar refractivity (Wildman–Crippen MR) is 108 cm³/mol. The zero-order valence-corrected chi connectivity index (χ0v) is 16.6. The van der Waals surface area contributed by atoms with E-state index in [9.17, 15) is 9.18 Å². The molecule has 1 atom stereocenters. The van der Waals surface area contributed by atoms with Crippen molar-refractivity contribution in [3.05, 3.63) is 71.0 Å². The molecule has 0 saturated carbocycles. The van der Waals surface area contributed by atoms with E-state index in [1.165, 1.54) is 11.6 Å². The van der Waals surface area contributed by atoms with Gasteiger partial charge in [-0.3, -0.25) is 9.69 Å². The standard InChI is InChI=1S/C21H26FN3O.ClH/c1-16-6-3-4-7-18(16)14-24(2)21(26)15-25-11-10-23-13-20(25)17-8-5-9-19(22)12-17;/h3-9,12,20,23H,10-11,13-15H2,1-2H3;1H. The van der Waals surface area contributed by atoms with E-state index in [4.69, 9.17) is 0 Å². The average Bonchev–Trinajstić information content (AvgIpc) is 2.64. The highest BCUT2D eigenvalue weighted by Gasteiger charge is 2.26. The van der Waals surface area contributed by atoms with Gasteiger partial charge in [0.25, 0.3) is 0 Å². The van der Waals surface area contributed by atoms with Gasteiger partial charge in [-0.1, -0.05) is 36.4 Å². The zero-order chi connectivity index (χ0) is 18.5. The van der Waals surface area contributed by atoms with Gasteiger partial charge in [-0.2, -0.15) is 0 Å². The second-order valence-electron chi connectivity index (χ2n) is 6.92. The van der Waals surface area contributed by atoms with Crippen molar-refractivity contribution in [3.8, 4) is 0 Å². The Morgan fingerprint density at radius 2 is 2.04 bits per heavy atom. The fourth-order valence-electron chi connectivity index (χ4n) is 3.40. The first-order chi connectivity index (χ1) is 12.5. The summed E-state index contributed by atoms with van der Waals surface area (Å²) in [7, 11) is 1.84. The molecule has 1 aliphatic heterocycles. The summed E-state index contributed by atoms with van der Waals surface area (Å²) in [5, 5.41) is 3.34. The Kier molecular flexibility index (Phi) is 7.78. The Morgan fingerprint density at radius 3 is 2.78 bits per heavy atom. The average molecular weight is 392 g/mol. The monoisotopic (exact) mass is 391 g/mol. The molecule has 0 radical (unpaired) electrons. The van der Waals surface area contributed by atoms with E-state index < -0.39 is 0 Å². The molecule has 6 heteroatoms. The van der Waals surface area contributed by atoms with Crippen molar-refractivity contribution in [2.75, 3.05) is 33.2 Å². The Bertz CT molecular complexity index is 771. The van der Waals surface area contributed by atoms with Gasteiger partial charge in [0, 0.05) is 39.3 Å². The van der Waals surface area contributed by atoms with Crippen molar-refractivity contribution < 1.29 is 9.18 Å². The second-order valence-corrected chi connectivity index (χ2v) is 6.92. The highest BCUT2D eigenvalue weighted by Crippen LogP contribution is 2.23. The van der Waals surface area contributed by atoms with Crippen molar-refractivity contribution in [1.82, 2.24) is 15.1 Å². The number of aryl methyl sites for hydroxylation is 1. The van der Waals surface area contributed by atoms with Crippen molar-refractivity contribution in [1.29, 1.82) is 0 Å². The molecule has 146 valence electrons. The van der Waals surface area contributed by atoms with E-state index in [0.717, 1.165) is 30.8 Å². The summed E-state index contributed by atoms with van der Waals surface area (Å²) in [5.41, 5.74) is 3.25. The topological polar surface area (TPSA) is 35.6 Å². The van der Waals surface area contributed by atoms with Crippen LogP contribution in [0.3, 0.4) is 0 Å². The summed E-state index contributed by atoms with van der Waals surface area (Å²) in [6.07, 6.45) is 0. The highest BCUT2D eigenvalue weighted by atomic mass is 35.5. The minimum atomic E-state index is -0.240. The molecule has 3 rings (SSSR count). The maximum atomic E-state index is 13.6. The number of benzene rings is 2. The van der Waals surface area contributed by atoms with Gasteiger partial charge in [-0.25, -0.2) is 4.39 Å². The normalized spacial score (nSPS) is 17.2. The number of likely N-dealkylation sites (N-methyl/N-ethyl adjacent to an activating group) is 1. The molecule has 1 heterocycles. The Morgan fingerprint density at radius 1 is 1.26 bits per heavy atom. The predicted octanol–water partition coefficient (Wildman–Crippen LogP) is 3.16. The highest BCUT2D eigenvalue weighted by molar-refractivity contribution is 5.85. The van der Waals surface area contributed by atoms with Crippen molar-refractivity contribution >= 4 is 18.3 Å². The lowest BCUT2D eigenvalue weighted by atomic mass is 10.0. The first-order valence-corrected chi connectivity index (χ1v) is 9.03. The molecule has 0 spiro atoms. The summed E-state index contributed by atoms with van der Waals surface area (Å²) in [6.45, 7) is 5.32. The summed E-state index contributed by atoms with van der Waals surface area (Å²) >= 11 is 0. The molecule has 1 amide bonds. The molecular weight excluding hydrogens is 365 g/mol. The van der Waals surface area contributed by atoms with Crippen LogP contribution in [0.2, 0.25) is 0 Å². The maximum absolute atomic E-state index is 13.6. The number of carbonyl (C=O) groups excluding carboxylic acids is 1. The fraction of sp³-hybridized carbons (Fsp3) is 0.381. The van der Waals surface area contributed by atoms with E-state index in [1.807, 2.05) is 25.2 Å². The summed E-state index contributed by atoms with van der Waals surface area (Å²) in [6, 6.07) is 14.8. The number of carbonyl (C=O) groups is 1. The number of amides is 1. The first-order valence-electron chi connectivity index (χ1n) is 9.03. The number of hydrogen-bond donors (Lipinski definition) is 1. The van der Waals surface area contributed by atoms with Crippen LogP contribution < -0.4 is 5.32 Å². The minimum Gasteiger partial charge on any atom is -0.340 e. The van der Waals surface area contributed by atoms with Crippen LogP contribution >= 0.6 is 12.4 Å². The fourth-order valence-corrected chi connectivity index (χ4v) is 3.40. The van der Waals surface area contributed by atoms with Gasteiger partial charge in [0.2, 0.25) is 5.91 Å². The number of nitrogens with zero attached hydrogens (tertiary/aromatic N) is 2. The third-order valence-corrected chi connectivity index (χ3v) is 5.02. The molecule has 2 aromatic carbocycles. The molecule has 27 heavy (non-hydrogen) atoms. The van der Waals surface area contributed by atoms with Crippen LogP contribution in [0.15, 0.2) is 48.5 Å². The van der Waals surface area contributed by atoms with Gasteiger partial charge >= 0.3 is 0 Å². The molecular formula is C21H27ClFN3O. The molecule has 1 unspecified atom stereocenters. The number of rotatable bonds is 5. The van der Waals surface area contributed by atoms with E-state index in [-0.39, 0.29) is 30.2 Å². The number of hydrogen-bond acceptors (Lipinski definition) is 3. The molecule has 2 aromatic rings. The lowest BCUT2D eigenvalue weighted by Crippen LogP contribution is -2.49. The van der Waals surface area contributed by atoms with Gasteiger partial charge in [0.15, 0.2) is 0 Å². The van der Waals surface area contributed by atoms with Gasteiger partial charge < -0.3 is 10.2 Å². The Labute approximate surface area is 166 Å². The van der Waals surface area contributed by atoms with Crippen LogP contribution in [0.4, 0.5) is 4.39 Å². The zero-order valence-electron chi connectivity index (χ0n) is 15.8. The first kappa shape index (κ1) is 21.4. The van der Waals surface area contributed by atoms with Crippen molar-refractivity contribution in [3.63, 3.8) is 0 Å². The third-order valence-electron chi connectivity index (χ3n) is 5.02. The second kappa shape index (κ2) is 9.83. The Hall–Kier alpha value is -1.95. The summed E-state index contributed by atoms with van der Waals surface area (Å²) < 4.78 is 13.6. The van der Waals surface area contributed by atoms with Crippen molar-refractivity contribution in [2.45, 2.75) is 19.5 Å². The van der Waals surface area contributed by atoms with Crippen LogP contribution in [0.25, 0.3) is 0 Å². The molecule has 4 nitrogen and oxygen atoms in total. The smallest absolute Gasteiger partial charge is 0.236 e. The van der Waals surface area contributed by atoms with Crippen LogP contribution in [-0.2, 0) is 11.3 Å². The lowest BCUT2D eigenvalue weighted by Gasteiger charge is -2.36. The summed E-state index contributed by atoms with van der Waals surface area (Å²) in [4.78, 5) is 16.7. The number of halogens is 2. The van der Waals surface area contributed by atoms with Gasteiger partial charge in [-0.05, 0) is 35.7 Å². The van der Waals surface area contributed by atoms with E-state index in [0.29, 0.717) is 13.1 Å². The molecule has 1 N–H and O–H groups in total. The largest absolute Gasteiger partial charge is 0.340 e. The van der Waals surface area contributed by atoms with E-state index in [1.54, 1.807) is 17.0 Å². The van der Waals surface area contributed by atoms with Crippen LogP contribution in [0.1, 0.15) is 22.7 Å². The molecule has 0 bridgehead atoms. The van der Waals surface area contributed by atoms with Crippen LogP contribution in [0.5, 0.6) is 0 Å². The molecule has 0 aromatic heterocycles. The number of piperazine rings is 1. The SMILES string of the molecule is Cc1ccccc1CN(C)C(=O)CN1CCNCC1c1cccc(F)c1.Cl. The van der Waals surface area contributed by atoms with Crippen LogP contribution in [0, 0.1) is 12.7 Å². The number of nitrogens with one attached hydrogen (secondary N) is 1. The quantitative estimate of drug-likeness (QED) is 0.850. The minimum absolute atomic E-state index is 0. The molecule has 1 aliphatic rings. The van der Waals surface area contributed by atoms with Crippen molar-refractivity contribution in [2.24, 2.45) is 0 Å². The van der Waals surface area contributed by atoms with Gasteiger partial charge in [0.1, 0.15) is 5.82 Å². The summed E-state index contributed by atoms with van der Waals surface area (Å²) in [5.74, 6) is -0.160. The van der Waals surface area contributed by atoms with E-state index >= 15 is 0 Å². The molecule has 1 saturated heterocycles. The van der Waals surface area contributed by atoms with Gasteiger partial charge in [-0.15, -0.1) is 12.4 Å². The lowest BCUT2D eigenvalue weighted by molar-refractivity contribution is -0.132. The molecule has 0 aliphatic carbocycles. The Balaban J connectivity index is 0.00000261. The van der Waals surface area contributed by atoms with Gasteiger partial charge in [0.05, 0.1) is 6.54 Å². The third kappa shape index (κ3) is 5.51. The maximum Gasteiger partial charge on any atom is 0.236 e.